The van der Waals surface area contributed by atoms with Crippen LogP contribution >= 0.6 is 0 Å². The van der Waals surface area contributed by atoms with Crippen molar-refractivity contribution >= 4 is 22.8 Å². The van der Waals surface area contributed by atoms with E-state index in [2.05, 4.69) is 105 Å². The second-order valence-corrected chi connectivity index (χ2v) is 15.0. The summed E-state index contributed by atoms with van der Waals surface area (Å²) in [7, 11) is -2.06. The van der Waals surface area contributed by atoms with Gasteiger partial charge in [-0.2, -0.15) is 0 Å². The van der Waals surface area contributed by atoms with Gasteiger partial charge in [0.2, 0.25) is 0 Å². The van der Waals surface area contributed by atoms with Crippen molar-refractivity contribution in [3.63, 3.8) is 0 Å². The minimum atomic E-state index is -2.06. The maximum atomic E-state index is 7.23. The molecule has 0 fully saturated rings. The zero-order chi connectivity index (χ0) is 19.7. The Bertz CT molecular complexity index is 702. The quantitative estimate of drug-likeness (QED) is 0.360. The van der Waals surface area contributed by atoms with Crippen LogP contribution in [0.15, 0.2) is 91.0 Å². The van der Waals surface area contributed by atoms with E-state index in [4.69, 9.17) is 3.48 Å². The topological polar surface area (TPSA) is 9.23 Å². The molecule has 0 N–H and O–H groups in total. The van der Waals surface area contributed by atoms with E-state index >= 15 is 0 Å². The molecule has 0 saturated heterocycles. The summed E-state index contributed by atoms with van der Waals surface area (Å²) in [6.45, 7) is 4.63. The number of hydrogen-bond donors (Lipinski definition) is 0. The van der Waals surface area contributed by atoms with Gasteiger partial charge >= 0.3 is 14.5 Å². The van der Waals surface area contributed by atoms with Crippen molar-refractivity contribution in [3.05, 3.63) is 108 Å². The van der Waals surface area contributed by atoms with E-state index in [1.165, 1.54) is 27.3 Å². The fraction of sp³-hybridized carbons (Fsp3) is 0.280. The molecule has 3 aromatic rings. The molecule has 0 bridgehead atoms. The Morgan fingerprint density at radius 2 is 0.893 bits per heavy atom. The SMILES string of the molecule is C[CH2][Al]([CH2]C)[O][Si](Cc1ccccc1)(Cc1ccccc1)Cc1ccccc1. The molecule has 0 amide bonds. The lowest BCUT2D eigenvalue weighted by Crippen LogP contribution is -2.50. The van der Waals surface area contributed by atoms with Gasteiger partial charge in [0.1, 0.15) is 0 Å². The molecule has 0 radical (unpaired) electrons. The van der Waals surface area contributed by atoms with E-state index in [1.807, 2.05) is 0 Å². The van der Waals surface area contributed by atoms with Crippen LogP contribution in [0.2, 0.25) is 10.6 Å². The van der Waals surface area contributed by atoms with Crippen LogP contribution < -0.4 is 0 Å². The zero-order valence-corrected chi connectivity index (χ0v) is 19.3. The Kier molecular flexibility index (Phi) is 8.13. The average Bonchev–Trinajstić information content (AvgIpc) is 2.74. The molecule has 0 saturated carbocycles. The van der Waals surface area contributed by atoms with Crippen molar-refractivity contribution in [2.75, 3.05) is 0 Å². The summed E-state index contributed by atoms with van der Waals surface area (Å²) >= 11 is -1.18. The Morgan fingerprint density at radius 1 is 0.571 bits per heavy atom. The molecule has 0 spiro atoms. The van der Waals surface area contributed by atoms with E-state index in [9.17, 15) is 0 Å². The predicted molar refractivity (Wildman–Crippen MR) is 124 cm³/mol. The molecule has 3 rings (SSSR count). The summed E-state index contributed by atoms with van der Waals surface area (Å²) < 4.78 is 7.23. The molecule has 0 aliphatic heterocycles. The van der Waals surface area contributed by atoms with E-state index in [0.29, 0.717) is 0 Å². The van der Waals surface area contributed by atoms with Gasteiger partial charge in [0, 0.05) is 0 Å². The van der Waals surface area contributed by atoms with Gasteiger partial charge in [-0.25, -0.2) is 0 Å². The van der Waals surface area contributed by atoms with Crippen molar-refractivity contribution < 1.29 is 3.48 Å². The molecule has 0 heterocycles. The van der Waals surface area contributed by atoms with Crippen LogP contribution in [0.25, 0.3) is 0 Å². The highest BCUT2D eigenvalue weighted by Crippen LogP contribution is 2.26. The van der Waals surface area contributed by atoms with Gasteiger partial charge in [0.05, 0.1) is 0 Å². The van der Waals surface area contributed by atoms with Crippen LogP contribution in [0.4, 0.5) is 0 Å². The third kappa shape index (κ3) is 6.19. The fourth-order valence-electron chi connectivity index (χ4n) is 4.03. The van der Waals surface area contributed by atoms with Crippen LogP contribution in [0.3, 0.4) is 0 Å². The number of benzene rings is 3. The molecule has 1 nitrogen and oxygen atoms in total. The number of hydrogen-bond acceptors (Lipinski definition) is 1. The monoisotopic (exact) mass is 402 g/mol. The molecule has 0 aliphatic rings. The number of rotatable bonds is 10. The van der Waals surface area contributed by atoms with Crippen molar-refractivity contribution in [1.82, 2.24) is 0 Å². The first-order valence-corrected chi connectivity index (χ1v) is 15.2. The minimum absolute atomic E-state index is 1.08. The molecular formula is C25H31AlOSi. The Hall–Kier alpha value is -1.63. The first-order valence-electron chi connectivity index (χ1n) is 10.5. The maximum absolute atomic E-state index is 7.23. The Labute approximate surface area is 176 Å². The summed E-state index contributed by atoms with van der Waals surface area (Å²) in [6.07, 6.45) is 0. The van der Waals surface area contributed by atoms with Crippen LogP contribution in [0.5, 0.6) is 0 Å². The van der Waals surface area contributed by atoms with Crippen molar-refractivity contribution in [3.8, 4) is 0 Å². The lowest BCUT2D eigenvalue weighted by Gasteiger charge is -2.36. The van der Waals surface area contributed by atoms with E-state index in [1.54, 1.807) is 0 Å². The molecule has 0 atom stereocenters. The Balaban J connectivity index is 1.99. The summed E-state index contributed by atoms with van der Waals surface area (Å²) in [4.78, 5) is 0. The summed E-state index contributed by atoms with van der Waals surface area (Å²) in [6, 6.07) is 36.2. The van der Waals surface area contributed by atoms with Crippen molar-refractivity contribution in [2.45, 2.75) is 42.5 Å². The zero-order valence-electron chi connectivity index (χ0n) is 17.2. The lowest BCUT2D eigenvalue weighted by atomic mass is 10.2. The van der Waals surface area contributed by atoms with Crippen LogP contribution in [-0.4, -0.2) is 22.8 Å². The second-order valence-electron chi connectivity index (χ2n) is 7.73. The highest BCUT2D eigenvalue weighted by atomic mass is 28.4. The smallest absolute Gasteiger partial charge is 0.449 e. The molecule has 0 unspecified atom stereocenters. The largest absolute Gasteiger partial charge is 0.544 e. The van der Waals surface area contributed by atoms with Crippen molar-refractivity contribution in [1.29, 1.82) is 0 Å². The van der Waals surface area contributed by atoms with Crippen LogP contribution in [-0.2, 0) is 21.6 Å². The highest BCUT2D eigenvalue weighted by Gasteiger charge is 2.38. The maximum Gasteiger partial charge on any atom is 0.449 e. The molecule has 3 heteroatoms. The van der Waals surface area contributed by atoms with Crippen LogP contribution in [0.1, 0.15) is 30.5 Å². The second kappa shape index (κ2) is 10.8. The molecule has 28 heavy (non-hydrogen) atoms. The lowest BCUT2D eigenvalue weighted by molar-refractivity contribution is 0.533. The average molecular weight is 403 g/mol. The van der Waals surface area contributed by atoms with E-state index in [-0.39, 0.29) is 0 Å². The predicted octanol–water partition coefficient (Wildman–Crippen LogP) is 6.33. The van der Waals surface area contributed by atoms with Gasteiger partial charge in [-0.1, -0.05) is 115 Å². The summed E-state index contributed by atoms with van der Waals surface area (Å²) in [5.41, 5.74) is 4.25. The highest BCUT2D eigenvalue weighted by molar-refractivity contribution is 6.79. The third-order valence-electron chi connectivity index (χ3n) is 5.43. The van der Waals surface area contributed by atoms with Crippen molar-refractivity contribution in [2.24, 2.45) is 0 Å². The molecule has 3 aromatic carbocycles. The van der Waals surface area contributed by atoms with E-state index < -0.39 is 22.8 Å². The van der Waals surface area contributed by atoms with Gasteiger partial charge in [-0.15, -0.1) is 0 Å². The van der Waals surface area contributed by atoms with Gasteiger partial charge < -0.3 is 3.48 Å². The molecule has 0 aliphatic carbocycles. The first kappa shape index (κ1) is 21.1. The van der Waals surface area contributed by atoms with E-state index in [0.717, 1.165) is 18.1 Å². The molecule has 144 valence electrons. The molecule has 0 aromatic heterocycles. The van der Waals surface area contributed by atoms with Gasteiger partial charge in [-0.05, 0) is 34.8 Å². The third-order valence-corrected chi connectivity index (χ3v) is 13.7. The van der Waals surface area contributed by atoms with Gasteiger partial charge in [-0.3, -0.25) is 0 Å². The summed E-state index contributed by atoms with van der Waals surface area (Å²) in [5, 5.41) is 2.42. The molecular weight excluding hydrogens is 371 g/mol. The fourth-order valence-corrected chi connectivity index (χ4v) is 13.1. The van der Waals surface area contributed by atoms with Crippen LogP contribution in [0, 0.1) is 0 Å². The first-order chi connectivity index (χ1) is 13.7. The Morgan fingerprint density at radius 3 is 1.18 bits per heavy atom. The minimum Gasteiger partial charge on any atom is -0.544 e. The standard InChI is InChI=1S/C21H21OSi.2C2H5.Al/c22-23(16-19-10-4-1-5-11-19,17-20-12-6-2-7-13-20)18-21-14-8-3-9-15-21;2*1-2;/h1-15H,16-18H2;2*1H2,2H3;/q-1;;;+1. The normalized spacial score (nSPS) is 11.4. The summed E-state index contributed by atoms with van der Waals surface area (Å²) in [5.74, 6) is 0. The van der Waals surface area contributed by atoms with Gasteiger partial charge in [0.15, 0.2) is 8.32 Å². The van der Waals surface area contributed by atoms with Gasteiger partial charge in [0.25, 0.3) is 0 Å².